The molecule has 1 fully saturated rings. The molecule has 1 aromatic rings. The molecule has 1 aliphatic rings. The highest BCUT2D eigenvalue weighted by Crippen LogP contribution is 2.35. The van der Waals surface area contributed by atoms with Crippen LogP contribution >= 0.6 is 35.6 Å². The molecule has 0 bridgehead atoms. The van der Waals surface area contributed by atoms with Gasteiger partial charge in [-0.15, -0.1) is 24.0 Å². The Balaban J connectivity index is 0.00000312. The zero-order valence-corrected chi connectivity index (χ0v) is 18.4. The highest BCUT2D eigenvalue weighted by atomic mass is 127. The molecule has 0 radical (unpaired) electrons. The second kappa shape index (κ2) is 11.9. The molecule has 0 saturated carbocycles. The SMILES string of the molecule is CN=C(NCCOC)NCC1CCCN(C)C1c1cccc(Cl)c1.I. The third-order valence-electron chi connectivity index (χ3n) is 4.55. The number of methoxy groups -OCH3 is 1. The molecule has 2 unspecified atom stereocenters. The number of benzene rings is 1. The Morgan fingerprint density at radius 1 is 1.40 bits per heavy atom. The predicted molar refractivity (Wildman–Crippen MR) is 116 cm³/mol. The van der Waals surface area contributed by atoms with Crippen LogP contribution in [0.5, 0.6) is 0 Å². The lowest BCUT2D eigenvalue weighted by molar-refractivity contribution is 0.122. The number of ether oxygens (including phenoxy) is 1. The molecule has 142 valence electrons. The van der Waals surface area contributed by atoms with Crippen LogP contribution in [0.1, 0.15) is 24.4 Å². The summed E-state index contributed by atoms with van der Waals surface area (Å²) in [6, 6.07) is 8.62. The summed E-state index contributed by atoms with van der Waals surface area (Å²) >= 11 is 6.21. The molecule has 2 atom stereocenters. The summed E-state index contributed by atoms with van der Waals surface area (Å²) in [5.41, 5.74) is 1.29. The predicted octanol–water partition coefficient (Wildman–Crippen LogP) is 3.15. The third kappa shape index (κ3) is 6.92. The zero-order valence-electron chi connectivity index (χ0n) is 15.3. The molecule has 1 saturated heterocycles. The van der Waals surface area contributed by atoms with E-state index in [1.54, 1.807) is 14.2 Å². The van der Waals surface area contributed by atoms with Crippen LogP contribution in [0.4, 0.5) is 0 Å². The van der Waals surface area contributed by atoms with Gasteiger partial charge in [0.25, 0.3) is 0 Å². The molecule has 1 heterocycles. The van der Waals surface area contributed by atoms with Crippen LogP contribution in [0.15, 0.2) is 29.3 Å². The van der Waals surface area contributed by atoms with E-state index in [1.807, 2.05) is 12.1 Å². The minimum Gasteiger partial charge on any atom is -0.383 e. The minimum absolute atomic E-state index is 0. The lowest BCUT2D eigenvalue weighted by Gasteiger charge is -2.40. The molecule has 2 N–H and O–H groups in total. The lowest BCUT2D eigenvalue weighted by atomic mass is 9.85. The Morgan fingerprint density at radius 3 is 2.88 bits per heavy atom. The van der Waals surface area contributed by atoms with Crippen molar-refractivity contribution in [2.45, 2.75) is 18.9 Å². The van der Waals surface area contributed by atoms with Crippen LogP contribution in [-0.2, 0) is 4.74 Å². The summed E-state index contributed by atoms with van der Waals surface area (Å²) in [6.45, 7) is 3.42. The van der Waals surface area contributed by atoms with E-state index in [9.17, 15) is 0 Å². The molecule has 7 heteroatoms. The van der Waals surface area contributed by atoms with Crippen molar-refractivity contribution in [1.82, 2.24) is 15.5 Å². The first-order chi connectivity index (χ1) is 11.7. The van der Waals surface area contributed by atoms with Crippen LogP contribution < -0.4 is 10.6 Å². The first-order valence-corrected chi connectivity index (χ1v) is 8.92. The fourth-order valence-electron chi connectivity index (χ4n) is 3.41. The number of hydrogen-bond acceptors (Lipinski definition) is 3. The summed E-state index contributed by atoms with van der Waals surface area (Å²) in [5.74, 6) is 1.34. The molecular formula is C18H30ClIN4O. The van der Waals surface area contributed by atoms with E-state index in [4.69, 9.17) is 16.3 Å². The summed E-state index contributed by atoms with van der Waals surface area (Å²) in [7, 11) is 5.69. The maximum absolute atomic E-state index is 6.21. The fourth-order valence-corrected chi connectivity index (χ4v) is 3.61. The van der Waals surface area contributed by atoms with Gasteiger partial charge in [-0.2, -0.15) is 0 Å². The maximum Gasteiger partial charge on any atom is 0.191 e. The van der Waals surface area contributed by atoms with Crippen molar-refractivity contribution in [3.05, 3.63) is 34.9 Å². The Bertz CT molecular complexity index is 544. The maximum atomic E-state index is 6.21. The molecule has 1 aliphatic heterocycles. The summed E-state index contributed by atoms with van der Waals surface area (Å²) in [6.07, 6.45) is 2.42. The average molecular weight is 481 g/mol. The number of rotatable bonds is 6. The second-order valence-corrected chi connectivity index (χ2v) is 6.69. The first kappa shape index (κ1) is 22.5. The monoisotopic (exact) mass is 480 g/mol. The van der Waals surface area contributed by atoms with Crippen molar-refractivity contribution in [2.24, 2.45) is 10.9 Å². The Morgan fingerprint density at radius 2 is 2.20 bits per heavy atom. The highest BCUT2D eigenvalue weighted by molar-refractivity contribution is 14.0. The number of piperidine rings is 1. The topological polar surface area (TPSA) is 48.9 Å². The van der Waals surface area contributed by atoms with E-state index in [2.05, 4.69) is 39.7 Å². The number of likely N-dealkylation sites (tertiary alicyclic amines) is 1. The van der Waals surface area contributed by atoms with Crippen LogP contribution in [0, 0.1) is 5.92 Å². The number of halogens is 2. The van der Waals surface area contributed by atoms with Crippen LogP contribution in [0.2, 0.25) is 5.02 Å². The van der Waals surface area contributed by atoms with Crippen LogP contribution in [0.3, 0.4) is 0 Å². The highest BCUT2D eigenvalue weighted by Gasteiger charge is 2.30. The van der Waals surface area contributed by atoms with Gasteiger partial charge in [0.15, 0.2) is 5.96 Å². The molecule has 25 heavy (non-hydrogen) atoms. The third-order valence-corrected chi connectivity index (χ3v) is 4.79. The quantitative estimate of drug-likeness (QED) is 0.284. The standard InChI is InChI=1S/C18H29ClN4O.HI/c1-20-18(21-9-11-24-3)22-13-15-7-5-10-23(2)17(15)14-6-4-8-16(19)12-14;/h4,6,8,12,15,17H,5,7,9-11,13H2,1-3H3,(H2,20,21,22);1H. The van der Waals surface area contributed by atoms with Gasteiger partial charge in [-0.1, -0.05) is 23.7 Å². The average Bonchev–Trinajstić information content (AvgIpc) is 2.58. The molecule has 2 rings (SSSR count). The van der Waals surface area contributed by atoms with Crippen molar-refractivity contribution in [3.63, 3.8) is 0 Å². The molecule has 0 amide bonds. The van der Waals surface area contributed by atoms with E-state index in [1.165, 1.54) is 18.4 Å². The van der Waals surface area contributed by atoms with Crippen molar-refractivity contribution in [3.8, 4) is 0 Å². The number of hydrogen-bond donors (Lipinski definition) is 2. The number of nitrogens with one attached hydrogen (secondary N) is 2. The van der Waals surface area contributed by atoms with Gasteiger partial charge in [-0.05, 0) is 50.0 Å². The second-order valence-electron chi connectivity index (χ2n) is 6.26. The molecule has 0 spiro atoms. The van der Waals surface area contributed by atoms with E-state index < -0.39 is 0 Å². The molecule has 0 aromatic heterocycles. The molecular weight excluding hydrogens is 451 g/mol. The number of guanidine groups is 1. The van der Waals surface area contributed by atoms with Gasteiger partial charge < -0.3 is 15.4 Å². The van der Waals surface area contributed by atoms with E-state index >= 15 is 0 Å². The normalized spacial score (nSPS) is 21.5. The number of nitrogens with zero attached hydrogens (tertiary/aromatic N) is 2. The van der Waals surface area contributed by atoms with Crippen molar-refractivity contribution in [1.29, 1.82) is 0 Å². The first-order valence-electron chi connectivity index (χ1n) is 8.55. The van der Waals surface area contributed by atoms with Gasteiger partial charge in [0.2, 0.25) is 0 Å². The van der Waals surface area contributed by atoms with Gasteiger partial charge in [0.1, 0.15) is 0 Å². The van der Waals surface area contributed by atoms with Crippen molar-refractivity contribution >= 4 is 41.5 Å². The molecule has 5 nitrogen and oxygen atoms in total. The fraction of sp³-hybridized carbons (Fsp3) is 0.611. The largest absolute Gasteiger partial charge is 0.383 e. The zero-order chi connectivity index (χ0) is 17.4. The van der Waals surface area contributed by atoms with E-state index in [-0.39, 0.29) is 24.0 Å². The Labute approximate surface area is 173 Å². The summed E-state index contributed by atoms with van der Waals surface area (Å²) in [4.78, 5) is 6.71. The van der Waals surface area contributed by atoms with E-state index in [0.717, 1.165) is 30.6 Å². The van der Waals surface area contributed by atoms with E-state index in [0.29, 0.717) is 18.6 Å². The number of aliphatic imine (C=N–C) groups is 1. The molecule has 0 aliphatic carbocycles. The van der Waals surface area contributed by atoms with Gasteiger partial charge in [-0.3, -0.25) is 9.89 Å². The van der Waals surface area contributed by atoms with Crippen LogP contribution in [-0.4, -0.2) is 58.3 Å². The smallest absolute Gasteiger partial charge is 0.191 e. The molecule has 1 aromatic carbocycles. The van der Waals surface area contributed by atoms with Gasteiger partial charge in [0.05, 0.1) is 6.61 Å². The van der Waals surface area contributed by atoms with Gasteiger partial charge in [-0.25, -0.2) is 0 Å². The summed E-state index contributed by atoms with van der Waals surface area (Å²) < 4.78 is 5.07. The van der Waals surface area contributed by atoms with Crippen LogP contribution in [0.25, 0.3) is 0 Å². The van der Waals surface area contributed by atoms with Gasteiger partial charge >= 0.3 is 0 Å². The lowest BCUT2D eigenvalue weighted by Crippen LogP contribution is -2.45. The Kier molecular flexibility index (Phi) is 10.7. The van der Waals surface area contributed by atoms with Gasteiger partial charge in [0, 0.05) is 38.3 Å². The van der Waals surface area contributed by atoms with Crippen molar-refractivity contribution in [2.75, 3.05) is 47.4 Å². The summed E-state index contributed by atoms with van der Waals surface area (Å²) in [5, 5.41) is 7.52. The van der Waals surface area contributed by atoms with Crippen molar-refractivity contribution < 1.29 is 4.74 Å². The minimum atomic E-state index is 0. The Hall–Kier alpha value is -0.570.